The van der Waals surface area contributed by atoms with Crippen molar-refractivity contribution in [1.29, 1.82) is 10.5 Å². The predicted octanol–water partition coefficient (Wildman–Crippen LogP) is 7.18. The molecule has 222 valence electrons. The summed E-state index contributed by atoms with van der Waals surface area (Å²) in [5.74, 6) is -82.8. The Morgan fingerprint density at radius 1 is 0.487 bits per heavy atom. The lowest BCUT2D eigenvalue weighted by Crippen LogP contribution is -2.63. The van der Waals surface area contributed by atoms with E-state index in [9.17, 15) is 87.8 Å². The second-order valence-corrected chi connectivity index (χ2v) is 7.18. The fourth-order valence-electron chi connectivity index (χ4n) is 2.25. The molecule has 1 heterocycles. The van der Waals surface area contributed by atoms with Gasteiger partial charge in [-0.3, -0.25) is 0 Å². The lowest BCUT2D eigenvalue weighted by Gasteiger charge is -2.37. The topological polar surface area (TPSA) is 56.8 Å². The highest BCUT2D eigenvalue weighted by molar-refractivity contribution is 5.32. The Morgan fingerprint density at radius 3 is 0.923 bits per heavy atom. The molecule has 0 saturated heterocycles. The maximum atomic E-state index is 14.1. The Bertz CT molecular complexity index is 1050. The molecule has 1 rings (SSSR count). The van der Waals surface area contributed by atoms with Crippen molar-refractivity contribution >= 4 is 0 Å². The van der Waals surface area contributed by atoms with Crippen molar-refractivity contribution < 1.29 is 92.5 Å². The number of ether oxygens (including phenoxy) is 1. The van der Waals surface area contributed by atoms with Crippen molar-refractivity contribution in [2.45, 2.75) is 59.2 Å². The molecular weight excluding hydrogens is 616 g/mol. The molecule has 0 aromatic heterocycles. The third-order valence-electron chi connectivity index (χ3n) is 4.55. The van der Waals surface area contributed by atoms with Crippen LogP contribution in [0.1, 0.15) is 0 Å². The molecule has 1 aliphatic rings. The fourth-order valence-corrected chi connectivity index (χ4v) is 2.25. The van der Waals surface area contributed by atoms with E-state index in [0.29, 0.717) is 0 Å². The van der Waals surface area contributed by atoms with Crippen molar-refractivity contribution in [2.24, 2.45) is 0 Å². The molecule has 0 aliphatic carbocycles. The Hall–Kier alpha value is -3.14. The zero-order chi connectivity index (χ0) is 31.7. The van der Waals surface area contributed by atoms with Crippen LogP contribution in [0.3, 0.4) is 0 Å². The quantitative estimate of drug-likeness (QED) is 0.271. The summed E-state index contributed by atoms with van der Waals surface area (Å²) < 4.78 is 274. The normalized spacial score (nSPS) is 19.6. The minimum absolute atomic E-state index is 0.943. The number of allylic oxidation sites excluding steroid dienone is 4. The van der Waals surface area contributed by atoms with E-state index in [0.717, 1.165) is 0 Å². The second-order valence-electron chi connectivity index (χ2n) is 7.18. The summed E-state index contributed by atoms with van der Waals surface area (Å²) in [7, 11) is 0. The molecule has 0 fully saturated rings. The van der Waals surface area contributed by atoms with Gasteiger partial charge in [0.25, 0.3) is 0 Å². The number of hydrogen-bond donors (Lipinski definition) is 0. The van der Waals surface area contributed by atoms with Crippen LogP contribution in [0.15, 0.2) is 23.7 Å². The molecule has 0 amide bonds. The summed E-state index contributed by atoms with van der Waals surface area (Å²) in [6, 6.07) is -1.89. The molecule has 0 aromatic rings. The number of hydrogen-bond acceptors (Lipinski definition) is 3. The Morgan fingerprint density at radius 2 is 0.718 bits per heavy atom. The van der Waals surface area contributed by atoms with Crippen LogP contribution in [0, 0.1) is 22.7 Å². The maximum absolute atomic E-state index is 14.1. The summed E-state index contributed by atoms with van der Waals surface area (Å²) in [6.45, 7) is 0. The molecule has 0 unspecified atom stereocenters. The highest BCUT2D eigenvalue weighted by atomic mass is 19.4. The minimum Gasteiger partial charge on any atom is -0.453 e. The van der Waals surface area contributed by atoms with E-state index in [1.54, 1.807) is 0 Å². The summed E-state index contributed by atoms with van der Waals surface area (Å²) in [4.78, 5) is 0. The molecule has 3 nitrogen and oxygen atoms in total. The van der Waals surface area contributed by atoms with Crippen LogP contribution in [0.25, 0.3) is 0 Å². The molecule has 0 spiro atoms. The number of halogens is 20. The number of nitriles is 2. The number of rotatable bonds is 8. The van der Waals surface area contributed by atoms with Gasteiger partial charge < -0.3 is 4.74 Å². The zero-order valence-electron chi connectivity index (χ0n) is 17.0. The lowest BCUT2D eigenvalue weighted by atomic mass is 9.96. The molecule has 0 atom stereocenters. The zero-order valence-corrected chi connectivity index (χ0v) is 17.0. The van der Waals surface area contributed by atoms with E-state index in [1.165, 1.54) is 0 Å². The third kappa shape index (κ3) is 4.46. The van der Waals surface area contributed by atoms with Crippen LogP contribution < -0.4 is 0 Å². The van der Waals surface area contributed by atoms with Crippen molar-refractivity contribution in [3.05, 3.63) is 23.7 Å². The number of alkyl halides is 20. The average molecular weight is 618 g/mol. The molecule has 23 heteroatoms. The predicted molar refractivity (Wildman–Crippen MR) is 77.9 cm³/mol. The first kappa shape index (κ1) is 33.9. The largest absolute Gasteiger partial charge is 0.453 e. The average Bonchev–Trinajstić information content (AvgIpc) is 2.86. The van der Waals surface area contributed by atoms with Gasteiger partial charge in [-0.2, -0.15) is 98.3 Å². The lowest BCUT2D eigenvalue weighted by molar-refractivity contribution is -0.356. The first-order chi connectivity index (χ1) is 16.8. The third-order valence-corrected chi connectivity index (χ3v) is 4.55. The van der Waals surface area contributed by atoms with E-state index < -0.39 is 95.0 Å². The van der Waals surface area contributed by atoms with Gasteiger partial charge in [0.2, 0.25) is 0 Å². The molecule has 0 N–H and O–H groups in total. The van der Waals surface area contributed by atoms with E-state index in [4.69, 9.17) is 10.5 Å². The second kappa shape index (κ2) is 8.68. The van der Waals surface area contributed by atoms with Crippen molar-refractivity contribution in [3.63, 3.8) is 0 Å². The highest BCUT2D eigenvalue weighted by Crippen LogP contribution is 2.59. The van der Waals surface area contributed by atoms with Gasteiger partial charge in [0.1, 0.15) is 12.1 Å². The van der Waals surface area contributed by atoms with E-state index in [1.807, 2.05) is 0 Å². The van der Waals surface area contributed by atoms with Crippen molar-refractivity contribution in [2.75, 3.05) is 0 Å². The van der Waals surface area contributed by atoms with Crippen LogP contribution in [0.5, 0.6) is 0 Å². The fraction of sp³-hybridized carbons (Fsp3) is 0.625. The van der Waals surface area contributed by atoms with E-state index >= 15 is 0 Å². The van der Waals surface area contributed by atoms with Gasteiger partial charge in [0.05, 0.1) is 0 Å². The summed E-state index contributed by atoms with van der Waals surface area (Å²) in [5, 5.41) is 15.6. The Balaban J connectivity index is 4.01. The van der Waals surface area contributed by atoms with Crippen LogP contribution in [0.4, 0.5) is 87.8 Å². The smallest absolute Gasteiger partial charge is 0.400 e. The first-order valence-electron chi connectivity index (χ1n) is 8.54. The Kier molecular flexibility index (Phi) is 7.54. The monoisotopic (exact) mass is 618 g/mol. The van der Waals surface area contributed by atoms with Crippen LogP contribution in [-0.4, -0.2) is 59.2 Å². The Labute approximate surface area is 199 Å². The van der Waals surface area contributed by atoms with E-state index in [-0.39, 0.29) is 0 Å². The van der Waals surface area contributed by atoms with Gasteiger partial charge in [0.15, 0.2) is 11.5 Å². The maximum Gasteiger partial charge on any atom is 0.400 e. The SMILES string of the molecule is N#CC(F)(F)C(F)(F)C(F)(F)C(F)(F)C1=CC(F)(F)C(F)(F)C=C(C(F)(F)C(F)(F)C(F)(F)C(F)(F)C#N)O1. The molecule has 0 bridgehead atoms. The molecule has 0 saturated carbocycles. The molecule has 0 radical (unpaired) electrons. The van der Waals surface area contributed by atoms with Crippen LogP contribution >= 0.6 is 0 Å². The van der Waals surface area contributed by atoms with Gasteiger partial charge in [0, 0.05) is 12.2 Å². The van der Waals surface area contributed by atoms with Crippen molar-refractivity contribution in [1.82, 2.24) is 0 Å². The summed E-state index contributed by atoms with van der Waals surface area (Å²) >= 11 is 0. The summed E-state index contributed by atoms with van der Waals surface area (Å²) in [6.07, 6.45) is -4.91. The van der Waals surface area contributed by atoms with Gasteiger partial charge in [-0.15, -0.1) is 0 Å². The molecule has 1 aliphatic heterocycles. The molecule has 0 aromatic carbocycles. The van der Waals surface area contributed by atoms with Crippen LogP contribution in [-0.2, 0) is 4.74 Å². The van der Waals surface area contributed by atoms with Gasteiger partial charge >= 0.3 is 59.2 Å². The van der Waals surface area contributed by atoms with Gasteiger partial charge in [-0.05, 0) is 0 Å². The molecular formula is C16H2F20N2O. The standard InChI is InChI=1S/C16H2F20N2O/c17-7(18)1-5(11(25,26)15(33,34)13(29,30)9(21,22)3-37)39-6(2-8(7,19)20)12(27,28)16(35,36)14(31,32)10(23,24)4-38/h1-2H. The van der Waals surface area contributed by atoms with E-state index in [2.05, 4.69) is 4.74 Å². The molecule has 39 heavy (non-hydrogen) atoms. The van der Waals surface area contributed by atoms with Gasteiger partial charge in [-0.1, -0.05) is 0 Å². The first-order valence-corrected chi connectivity index (χ1v) is 8.54. The van der Waals surface area contributed by atoms with Gasteiger partial charge in [-0.25, -0.2) is 0 Å². The highest BCUT2D eigenvalue weighted by Gasteiger charge is 2.85. The van der Waals surface area contributed by atoms with Crippen molar-refractivity contribution in [3.8, 4) is 12.1 Å². The number of nitrogens with zero attached hydrogens (tertiary/aromatic N) is 2. The minimum atomic E-state index is -8.00. The van der Waals surface area contributed by atoms with Crippen LogP contribution in [0.2, 0.25) is 0 Å². The summed E-state index contributed by atoms with van der Waals surface area (Å²) in [5.41, 5.74) is 0.